The Balaban J connectivity index is 2.32. The van der Waals surface area contributed by atoms with Gasteiger partial charge in [-0.3, -0.25) is 0 Å². The van der Waals surface area contributed by atoms with E-state index in [1.54, 1.807) is 6.08 Å². The SMILES string of the molecule is C=C1C=C[C@H](OCC)O1. The Labute approximate surface area is 54.8 Å². The van der Waals surface area contributed by atoms with Gasteiger partial charge < -0.3 is 9.47 Å². The van der Waals surface area contributed by atoms with Crippen LogP contribution < -0.4 is 0 Å². The maximum atomic E-state index is 5.10. The molecule has 0 saturated heterocycles. The van der Waals surface area contributed by atoms with Crippen LogP contribution in [-0.2, 0) is 9.47 Å². The number of allylic oxidation sites excluding steroid dienone is 1. The van der Waals surface area contributed by atoms with Crippen LogP contribution in [0.25, 0.3) is 0 Å². The third-order valence-electron chi connectivity index (χ3n) is 1.04. The van der Waals surface area contributed by atoms with E-state index in [1.807, 2.05) is 13.0 Å². The fraction of sp³-hybridized carbons (Fsp3) is 0.429. The summed E-state index contributed by atoms with van der Waals surface area (Å²) < 4.78 is 10.2. The van der Waals surface area contributed by atoms with Crippen LogP contribution in [0.1, 0.15) is 6.92 Å². The number of hydrogen-bond acceptors (Lipinski definition) is 2. The highest BCUT2D eigenvalue weighted by molar-refractivity contribution is 5.14. The molecule has 0 unspecified atom stereocenters. The van der Waals surface area contributed by atoms with Crippen LogP contribution in [0.3, 0.4) is 0 Å². The standard InChI is InChI=1S/C7H10O2/c1-3-8-7-5-4-6(2)9-7/h4-5,7H,2-3H2,1H3/t7-/m1/s1. The zero-order chi connectivity index (χ0) is 6.69. The van der Waals surface area contributed by atoms with Crippen molar-refractivity contribution < 1.29 is 9.47 Å². The molecule has 0 radical (unpaired) electrons. The minimum absolute atomic E-state index is 0.192. The van der Waals surface area contributed by atoms with Crippen LogP contribution in [-0.4, -0.2) is 12.9 Å². The van der Waals surface area contributed by atoms with E-state index >= 15 is 0 Å². The van der Waals surface area contributed by atoms with Crippen LogP contribution in [0.5, 0.6) is 0 Å². The van der Waals surface area contributed by atoms with Gasteiger partial charge in [-0.25, -0.2) is 0 Å². The fourth-order valence-corrected chi connectivity index (χ4v) is 0.667. The largest absolute Gasteiger partial charge is 0.462 e. The minimum Gasteiger partial charge on any atom is -0.462 e. The summed E-state index contributed by atoms with van der Waals surface area (Å²) >= 11 is 0. The summed E-state index contributed by atoms with van der Waals surface area (Å²) in [6, 6.07) is 0. The van der Waals surface area contributed by atoms with Crippen LogP contribution in [0.15, 0.2) is 24.5 Å². The molecule has 9 heavy (non-hydrogen) atoms. The van der Waals surface area contributed by atoms with E-state index in [0.29, 0.717) is 12.4 Å². The fourth-order valence-electron chi connectivity index (χ4n) is 0.667. The summed E-state index contributed by atoms with van der Waals surface area (Å²) in [5, 5.41) is 0. The summed E-state index contributed by atoms with van der Waals surface area (Å²) in [5.41, 5.74) is 0. The molecule has 0 N–H and O–H groups in total. The van der Waals surface area contributed by atoms with Crippen molar-refractivity contribution in [2.24, 2.45) is 0 Å². The Bertz CT molecular complexity index is 138. The zero-order valence-electron chi connectivity index (χ0n) is 5.46. The summed E-state index contributed by atoms with van der Waals surface area (Å²) in [6.07, 6.45) is 3.45. The first-order valence-corrected chi connectivity index (χ1v) is 2.98. The molecule has 0 aromatic heterocycles. The summed E-state index contributed by atoms with van der Waals surface area (Å²) in [6.45, 7) is 6.20. The molecule has 1 aliphatic rings. The maximum Gasteiger partial charge on any atom is 0.220 e. The van der Waals surface area contributed by atoms with Gasteiger partial charge in [0.2, 0.25) is 6.29 Å². The van der Waals surface area contributed by atoms with E-state index in [2.05, 4.69) is 6.58 Å². The predicted molar refractivity (Wildman–Crippen MR) is 34.8 cm³/mol. The van der Waals surface area contributed by atoms with Gasteiger partial charge >= 0.3 is 0 Å². The molecule has 1 aliphatic heterocycles. The summed E-state index contributed by atoms with van der Waals surface area (Å²) in [7, 11) is 0. The molecule has 0 aromatic carbocycles. The molecule has 0 bridgehead atoms. The molecule has 2 nitrogen and oxygen atoms in total. The molecule has 0 amide bonds. The van der Waals surface area contributed by atoms with E-state index < -0.39 is 0 Å². The Morgan fingerprint density at radius 1 is 1.89 bits per heavy atom. The van der Waals surface area contributed by atoms with Crippen molar-refractivity contribution in [1.29, 1.82) is 0 Å². The molecule has 1 heterocycles. The Morgan fingerprint density at radius 2 is 2.67 bits per heavy atom. The minimum atomic E-state index is -0.192. The molecule has 2 heteroatoms. The normalized spacial score (nSPS) is 24.6. The first-order chi connectivity index (χ1) is 4.33. The first-order valence-electron chi connectivity index (χ1n) is 2.98. The van der Waals surface area contributed by atoms with Crippen molar-refractivity contribution in [3.63, 3.8) is 0 Å². The van der Waals surface area contributed by atoms with E-state index in [4.69, 9.17) is 9.47 Å². The third kappa shape index (κ3) is 1.57. The van der Waals surface area contributed by atoms with Crippen molar-refractivity contribution >= 4 is 0 Å². The van der Waals surface area contributed by atoms with Gasteiger partial charge in [0.05, 0.1) is 0 Å². The molecule has 50 valence electrons. The second-order valence-electron chi connectivity index (χ2n) is 1.77. The van der Waals surface area contributed by atoms with Gasteiger partial charge in [-0.05, 0) is 19.1 Å². The number of rotatable bonds is 2. The van der Waals surface area contributed by atoms with Crippen LogP contribution in [0.2, 0.25) is 0 Å². The lowest BCUT2D eigenvalue weighted by atomic mass is 10.5. The van der Waals surface area contributed by atoms with Crippen LogP contribution in [0, 0.1) is 0 Å². The molecular weight excluding hydrogens is 116 g/mol. The van der Waals surface area contributed by atoms with Crippen molar-refractivity contribution in [1.82, 2.24) is 0 Å². The lowest BCUT2D eigenvalue weighted by molar-refractivity contribution is -0.0657. The van der Waals surface area contributed by atoms with Gasteiger partial charge in [0.15, 0.2) is 0 Å². The highest BCUT2D eigenvalue weighted by Crippen LogP contribution is 2.12. The second kappa shape index (κ2) is 2.69. The molecule has 0 aliphatic carbocycles. The Hall–Kier alpha value is -0.760. The monoisotopic (exact) mass is 126 g/mol. The second-order valence-corrected chi connectivity index (χ2v) is 1.77. The molecule has 1 rings (SSSR count). The van der Waals surface area contributed by atoms with Gasteiger partial charge in [-0.1, -0.05) is 6.58 Å². The van der Waals surface area contributed by atoms with Crippen LogP contribution in [0.4, 0.5) is 0 Å². The predicted octanol–water partition coefficient (Wildman–Crippen LogP) is 1.45. The molecular formula is C7H10O2. The average Bonchev–Trinajstić information content (AvgIpc) is 2.17. The van der Waals surface area contributed by atoms with Crippen molar-refractivity contribution in [2.75, 3.05) is 6.61 Å². The van der Waals surface area contributed by atoms with Crippen molar-refractivity contribution in [3.05, 3.63) is 24.5 Å². The molecule has 0 saturated carbocycles. The van der Waals surface area contributed by atoms with E-state index in [9.17, 15) is 0 Å². The molecule has 0 spiro atoms. The number of hydrogen-bond donors (Lipinski definition) is 0. The van der Waals surface area contributed by atoms with Crippen LogP contribution >= 0.6 is 0 Å². The Morgan fingerprint density at radius 3 is 3.11 bits per heavy atom. The highest BCUT2D eigenvalue weighted by atomic mass is 16.7. The lowest BCUT2D eigenvalue weighted by Crippen LogP contribution is -2.08. The summed E-state index contributed by atoms with van der Waals surface area (Å²) in [4.78, 5) is 0. The molecule has 1 atom stereocenters. The lowest BCUT2D eigenvalue weighted by Gasteiger charge is -2.08. The van der Waals surface area contributed by atoms with E-state index in [-0.39, 0.29) is 6.29 Å². The molecule has 0 fully saturated rings. The average molecular weight is 126 g/mol. The topological polar surface area (TPSA) is 18.5 Å². The zero-order valence-corrected chi connectivity index (χ0v) is 5.46. The molecule has 0 aromatic rings. The summed E-state index contributed by atoms with van der Waals surface area (Å²) in [5.74, 6) is 0.674. The van der Waals surface area contributed by atoms with Gasteiger partial charge in [-0.15, -0.1) is 0 Å². The third-order valence-corrected chi connectivity index (χ3v) is 1.04. The Kier molecular flexibility index (Phi) is 1.90. The first kappa shape index (κ1) is 6.36. The quantitative estimate of drug-likeness (QED) is 0.557. The highest BCUT2D eigenvalue weighted by Gasteiger charge is 2.10. The van der Waals surface area contributed by atoms with Crippen molar-refractivity contribution in [3.8, 4) is 0 Å². The maximum absolute atomic E-state index is 5.10. The van der Waals surface area contributed by atoms with Gasteiger partial charge in [-0.2, -0.15) is 0 Å². The van der Waals surface area contributed by atoms with E-state index in [0.717, 1.165) is 0 Å². The number of ether oxygens (including phenoxy) is 2. The van der Waals surface area contributed by atoms with E-state index in [1.165, 1.54) is 0 Å². The van der Waals surface area contributed by atoms with Crippen molar-refractivity contribution in [2.45, 2.75) is 13.2 Å². The smallest absolute Gasteiger partial charge is 0.220 e. The van der Waals surface area contributed by atoms with Gasteiger partial charge in [0.25, 0.3) is 0 Å². The van der Waals surface area contributed by atoms with Gasteiger partial charge in [0.1, 0.15) is 5.76 Å². The van der Waals surface area contributed by atoms with Gasteiger partial charge in [0, 0.05) is 6.61 Å².